The average Bonchev–Trinajstić information content (AvgIpc) is 2.91. The Morgan fingerprint density at radius 3 is 2.75 bits per heavy atom. The highest BCUT2D eigenvalue weighted by Crippen LogP contribution is 2.34. The second-order valence-corrected chi connectivity index (χ2v) is 6.60. The Kier molecular flexibility index (Phi) is 4.20. The number of carbonyl (C=O) groups is 1. The van der Waals surface area contributed by atoms with E-state index in [1.807, 2.05) is 53.7 Å². The molecule has 1 fully saturated rings. The zero-order valence-electron chi connectivity index (χ0n) is 13.7. The highest BCUT2D eigenvalue weighted by molar-refractivity contribution is 5.83. The summed E-state index contributed by atoms with van der Waals surface area (Å²) < 4.78 is 5.94. The van der Waals surface area contributed by atoms with E-state index in [9.17, 15) is 4.79 Å². The summed E-state index contributed by atoms with van der Waals surface area (Å²) in [4.78, 5) is 19.3. The molecule has 124 valence electrons. The molecule has 2 aliphatic heterocycles. The Labute approximate surface area is 142 Å². The number of rotatable bonds is 2. The number of fused-ring (bicyclic) bond motifs is 1. The molecule has 0 bridgehead atoms. The van der Waals surface area contributed by atoms with Crippen molar-refractivity contribution in [1.82, 2.24) is 9.88 Å². The van der Waals surface area contributed by atoms with Crippen molar-refractivity contribution >= 4 is 5.91 Å². The van der Waals surface area contributed by atoms with Gasteiger partial charge in [0.05, 0.1) is 6.04 Å². The molecule has 24 heavy (non-hydrogen) atoms. The largest absolute Gasteiger partial charge is 0.480 e. The lowest BCUT2D eigenvalue weighted by molar-refractivity contribution is -0.140. The lowest BCUT2D eigenvalue weighted by Gasteiger charge is -2.32. The van der Waals surface area contributed by atoms with Crippen LogP contribution in [0.3, 0.4) is 0 Å². The summed E-state index contributed by atoms with van der Waals surface area (Å²) in [5.74, 6) is 0.973. The van der Waals surface area contributed by atoms with Gasteiger partial charge >= 0.3 is 0 Å². The Balaban J connectivity index is 1.57. The van der Waals surface area contributed by atoms with Crippen LogP contribution in [-0.2, 0) is 11.2 Å². The quantitative estimate of drug-likeness (QED) is 0.849. The predicted molar refractivity (Wildman–Crippen MR) is 91.7 cm³/mol. The van der Waals surface area contributed by atoms with E-state index in [2.05, 4.69) is 4.98 Å². The lowest BCUT2D eigenvalue weighted by Crippen LogP contribution is -2.43. The molecule has 0 aliphatic carbocycles. The third kappa shape index (κ3) is 2.88. The van der Waals surface area contributed by atoms with Gasteiger partial charge in [-0.3, -0.25) is 9.78 Å². The van der Waals surface area contributed by atoms with Crippen LogP contribution in [0.2, 0.25) is 0 Å². The fourth-order valence-corrected chi connectivity index (χ4v) is 3.81. The number of para-hydroxylation sites is 1. The van der Waals surface area contributed by atoms with Crippen molar-refractivity contribution in [1.29, 1.82) is 0 Å². The van der Waals surface area contributed by atoms with Crippen LogP contribution in [0.5, 0.6) is 5.75 Å². The molecule has 2 aliphatic rings. The summed E-state index contributed by atoms with van der Waals surface area (Å²) >= 11 is 0. The Morgan fingerprint density at radius 1 is 1.08 bits per heavy atom. The molecule has 1 aromatic carbocycles. The lowest BCUT2D eigenvalue weighted by atomic mass is 10.0. The van der Waals surface area contributed by atoms with Gasteiger partial charge in [0.15, 0.2) is 6.10 Å². The highest BCUT2D eigenvalue weighted by atomic mass is 16.5. The molecule has 0 spiro atoms. The van der Waals surface area contributed by atoms with Crippen LogP contribution in [0, 0.1) is 0 Å². The van der Waals surface area contributed by atoms with Gasteiger partial charge in [-0.2, -0.15) is 0 Å². The molecule has 1 amide bonds. The molecule has 0 N–H and O–H groups in total. The van der Waals surface area contributed by atoms with Gasteiger partial charge in [-0.05, 0) is 42.2 Å². The summed E-state index contributed by atoms with van der Waals surface area (Å²) in [6, 6.07) is 12.1. The van der Waals surface area contributed by atoms with Crippen LogP contribution in [0.25, 0.3) is 0 Å². The van der Waals surface area contributed by atoms with Crippen molar-refractivity contribution in [2.45, 2.75) is 44.2 Å². The molecular weight excluding hydrogens is 300 g/mol. The Hall–Kier alpha value is -2.36. The number of ether oxygens (including phenoxy) is 1. The molecule has 2 atom stereocenters. The van der Waals surface area contributed by atoms with Crippen molar-refractivity contribution in [2.24, 2.45) is 0 Å². The fraction of sp³-hybridized carbons (Fsp3) is 0.400. The van der Waals surface area contributed by atoms with Crippen LogP contribution < -0.4 is 4.74 Å². The number of nitrogens with zero attached hydrogens (tertiary/aromatic N) is 2. The minimum Gasteiger partial charge on any atom is -0.480 e. The standard InChI is InChI=1S/C20H22N2O2/c23-20(19-14-16-6-3-4-8-18(16)24-19)22-13-5-1-2-7-17(22)15-9-11-21-12-10-15/h3-4,6,8-12,17,19H,1-2,5,7,13-14H2/t17-,19+/m0/s1. The van der Waals surface area contributed by atoms with Crippen molar-refractivity contribution in [2.75, 3.05) is 6.54 Å². The van der Waals surface area contributed by atoms with Crippen LogP contribution in [0.4, 0.5) is 0 Å². The summed E-state index contributed by atoms with van der Waals surface area (Å²) in [7, 11) is 0. The number of likely N-dealkylation sites (tertiary alicyclic amines) is 1. The van der Waals surface area contributed by atoms with Crippen LogP contribution in [-0.4, -0.2) is 28.4 Å². The maximum atomic E-state index is 13.2. The molecule has 2 aromatic rings. The maximum absolute atomic E-state index is 13.2. The van der Waals surface area contributed by atoms with E-state index in [1.165, 1.54) is 12.0 Å². The van der Waals surface area contributed by atoms with Crippen LogP contribution in [0.15, 0.2) is 48.8 Å². The summed E-state index contributed by atoms with van der Waals surface area (Å²) in [6.45, 7) is 0.808. The molecular formula is C20H22N2O2. The van der Waals surface area contributed by atoms with Crippen molar-refractivity contribution in [3.05, 3.63) is 59.9 Å². The molecule has 0 saturated carbocycles. The average molecular weight is 322 g/mol. The number of pyridine rings is 1. The predicted octanol–water partition coefficient (Wildman–Crippen LogP) is 3.53. The fourth-order valence-electron chi connectivity index (χ4n) is 3.81. The second kappa shape index (κ2) is 6.63. The number of carbonyl (C=O) groups excluding carboxylic acids is 1. The molecule has 3 heterocycles. The number of hydrogen-bond acceptors (Lipinski definition) is 3. The van der Waals surface area contributed by atoms with Crippen LogP contribution >= 0.6 is 0 Å². The van der Waals surface area contributed by atoms with Gasteiger partial charge in [0, 0.05) is 25.4 Å². The maximum Gasteiger partial charge on any atom is 0.264 e. The summed E-state index contributed by atoms with van der Waals surface area (Å²) in [5.41, 5.74) is 2.31. The van der Waals surface area contributed by atoms with Gasteiger partial charge in [-0.1, -0.05) is 31.0 Å². The van der Waals surface area contributed by atoms with Gasteiger partial charge < -0.3 is 9.64 Å². The van der Waals surface area contributed by atoms with Crippen molar-refractivity contribution in [3.8, 4) is 5.75 Å². The third-order valence-electron chi connectivity index (χ3n) is 5.05. The number of benzene rings is 1. The first-order valence-corrected chi connectivity index (χ1v) is 8.78. The smallest absolute Gasteiger partial charge is 0.264 e. The van der Waals surface area contributed by atoms with Crippen molar-refractivity contribution < 1.29 is 9.53 Å². The van der Waals surface area contributed by atoms with E-state index < -0.39 is 0 Å². The van der Waals surface area contributed by atoms with Gasteiger partial charge in [0.1, 0.15) is 5.75 Å². The number of amides is 1. The topological polar surface area (TPSA) is 42.4 Å². The van der Waals surface area contributed by atoms with Crippen LogP contribution in [0.1, 0.15) is 42.9 Å². The van der Waals surface area contributed by atoms with Gasteiger partial charge in [0.25, 0.3) is 5.91 Å². The van der Waals surface area contributed by atoms with Gasteiger partial charge in [-0.15, -0.1) is 0 Å². The molecule has 1 saturated heterocycles. The molecule has 4 heteroatoms. The Bertz CT molecular complexity index is 692. The van der Waals surface area contributed by atoms with E-state index in [4.69, 9.17) is 4.74 Å². The monoisotopic (exact) mass is 322 g/mol. The van der Waals surface area contributed by atoms with E-state index in [0.29, 0.717) is 6.42 Å². The molecule has 4 nitrogen and oxygen atoms in total. The highest BCUT2D eigenvalue weighted by Gasteiger charge is 2.36. The summed E-state index contributed by atoms with van der Waals surface area (Å²) in [6.07, 6.45) is 8.32. The summed E-state index contributed by atoms with van der Waals surface area (Å²) in [5, 5.41) is 0. The number of aromatic nitrogens is 1. The SMILES string of the molecule is O=C([C@H]1Cc2ccccc2O1)N1CCCCC[C@H]1c1ccncc1. The molecule has 0 radical (unpaired) electrons. The molecule has 1 aromatic heterocycles. The first kappa shape index (κ1) is 15.2. The third-order valence-corrected chi connectivity index (χ3v) is 5.05. The zero-order valence-corrected chi connectivity index (χ0v) is 13.7. The Morgan fingerprint density at radius 2 is 1.92 bits per heavy atom. The molecule has 0 unspecified atom stereocenters. The van der Waals surface area contributed by atoms with E-state index in [1.54, 1.807) is 0 Å². The second-order valence-electron chi connectivity index (χ2n) is 6.60. The first-order valence-electron chi connectivity index (χ1n) is 8.78. The van der Waals surface area contributed by atoms with E-state index >= 15 is 0 Å². The van der Waals surface area contributed by atoms with Crippen molar-refractivity contribution in [3.63, 3.8) is 0 Å². The molecule has 4 rings (SSSR count). The first-order chi connectivity index (χ1) is 11.8. The normalized spacial score (nSPS) is 23.2. The zero-order chi connectivity index (χ0) is 16.4. The van der Waals surface area contributed by atoms with Gasteiger partial charge in [-0.25, -0.2) is 0 Å². The van der Waals surface area contributed by atoms with Gasteiger partial charge in [0.2, 0.25) is 0 Å². The minimum absolute atomic E-state index is 0.120. The van der Waals surface area contributed by atoms with E-state index in [-0.39, 0.29) is 18.1 Å². The van der Waals surface area contributed by atoms with E-state index in [0.717, 1.165) is 37.1 Å². The minimum atomic E-state index is -0.384. The number of hydrogen-bond donors (Lipinski definition) is 0.